The highest BCUT2D eigenvalue weighted by molar-refractivity contribution is 5.67. The van der Waals surface area contributed by atoms with Crippen molar-refractivity contribution in [3.8, 4) is 22.4 Å². The number of pyridine rings is 1. The molecule has 0 radical (unpaired) electrons. The van der Waals surface area contributed by atoms with E-state index in [0.29, 0.717) is 0 Å². The maximum absolute atomic E-state index is 4.68. The molecule has 1 nitrogen and oxygen atoms in total. The van der Waals surface area contributed by atoms with Gasteiger partial charge in [-0.1, -0.05) is 60.7 Å². The Morgan fingerprint density at radius 2 is 1.50 bits per heavy atom. The molecule has 3 saturated carbocycles. The van der Waals surface area contributed by atoms with Gasteiger partial charge in [0.05, 0.1) is 5.69 Å². The highest BCUT2D eigenvalue weighted by atomic mass is 14.7. The van der Waals surface area contributed by atoms with Crippen LogP contribution in [0.3, 0.4) is 0 Å². The normalized spacial score (nSPS) is 24.6. The zero-order chi connectivity index (χ0) is 15.9. The molecule has 3 fully saturated rings. The van der Waals surface area contributed by atoms with Gasteiger partial charge < -0.3 is 0 Å². The van der Waals surface area contributed by atoms with Crippen LogP contribution >= 0.6 is 0 Å². The summed E-state index contributed by atoms with van der Waals surface area (Å²) < 4.78 is 0. The molecule has 2 atom stereocenters. The van der Waals surface area contributed by atoms with Gasteiger partial charge in [0.1, 0.15) is 0 Å². The molecule has 1 heteroatoms. The third-order valence-corrected chi connectivity index (χ3v) is 5.97. The van der Waals surface area contributed by atoms with E-state index < -0.39 is 0 Å². The van der Waals surface area contributed by atoms with Gasteiger partial charge in [-0.15, -0.1) is 0 Å². The summed E-state index contributed by atoms with van der Waals surface area (Å²) in [5.74, 6) is 2.72. The molecule has 0 N–H and O–H groups in total. The summed E-state index contributed by atoms with van der Waals surface area (Å²) >= 11 is 0. The van der Waals surface area contributed by atoms with Crippen LogP contribution in [-0.2, 0) is 0 Å². The molecule has 0 aliphatic heterocycles. The molecule has 2 unspecified atom stereocenters. The van der Waals surface area contributed by atoms with Crippen LogP contribution in [0.15, 0.2) is 72.9 Å². The Kier molecular flexibility index (Phi) is 3.26. The lowest BCUT2D eigenvalue weighted by molar-refractivity contribution is 0.239. The highest BCUT2D eigenvalue weighted by Gasteiger charge is 2.47. The minimum atomic E-state index is 0.821. The van der Waals surface area contributed by atoms with Crippen molar-refractivity contribution in [1.82, 2.24) is 4.98 Å². The number of fused-ring (bicyclic) bond motifs is 1. The summed E-state index contributed by atoms with van der Waals surface area (Å²) in [6, 6.07) is 23.8. The summed E-state index contributed by atoms with van der Waals surface area (Å²) in [5, 5.41) is 0. The van der Waals surface area contributed by atoms with Crippen LogP contribution < -0.4 is 0 Å². The molecule has 2 bridgehead atoms. The summed E-state index contributed by atoms with van der Waals surface area (Å²) in [5.41, 5.74) is 6.25. The molecule has 3 aliphatic rings. The van der Waals surface area contributed by atoms with Gasteiger partial charge in [0.15, 0.2) is 0 Å². The number of benzene rings is 2. The first-order valence-electron chi connectivity index (χ1n) is 9.00. The molecule has 0 spiro atoms. The van der Waals surface area contributed by atoms with Gasteiger partial charge in [-0.2, -0.15) is 0 Å². The topological polar surface area (TPSA) is 12.9 Å². The number of nitrogens with zero attached hydrogens (tertiary/aromatic N) is 1. The van der Waals surface area contributed by atoms with Crippen LogP contribution in [0.5, 0.6) is 0 Å². The molecule has 24 heavy (non-hydrogen) atoms. The third kappa shape index (κ3) is 2.27. The van der Waals surface area contributed by atoms with Crippen molar-refractivity contribution in [3.05, 3.63) is 78.5 Å². The number of hydrogen-bond donors (Lipinski definition) is 0. The van der Waals surface area contributed by atoms with Gasteiger partial charge >= 0.3 is 0 Å². The Labute approximate surface area is 143 Å². The summed E-state index contributed by atoms with van der Waals surface area (Å²) in [6.07, 6.45) is 6.35. The monoisotopic (exact) mass is 311 g/mol. The minimum absolute atomic E-state index is 0.821. The van der Waals surface area contributed by atoms with Gasteiger partial charge in [0, 0.05) is 17.3 Å². The first-order valence-corrected chi connectivity index (χ1v) is 9.00. The number of hydrogen-bond acceptors (Lipinski definition) is 1. The van der Waals surface area contributed by atoms with E-state index in [-0.39, 0.29) is 0 Å². The second-order valence-corrected chi connectivity index (χ2v) is 7.28. The lowest BCUT2D eigenvalue weighted by atomic mass is 9.68. The molecule has 6 rings (SSSR count). The third-order valence-electron chi connectivity index (χ3n) is 5.97. The molecule has 3 aromatic rings. The van der Waals surface area contributed by atoms with E-state index in [2.05, 4.69) is 65.6 Å². The van der Waals surface area contributed by atoms with Gasteiger partial charge in [-0.25, -0.2) is 0 Å². The van der Waals surface area contributed by atoms with Crippen LogP contribution in [0.25, 0.3) is 22.4 Å². The van der Waals surface area contributed by atoms with Crippen molar-refractivity contribution in [2.45, 2.75) is 25.2 Å². The Hall–Kier alpha value is -2.41. The standard InChI is InChI=1S/C23H21N/c1-2-5-16(6-3-1)22-12-11-21(15-24-22)17-7-4-8-18(13-17)23-19-9-10-20(23)14-19/h1-8,11-13,15,19-20,23H,9-10,14H2. The van der Waals surface area contributed by atoms with Gasteiger partial charge in [0.25, 0.3) is 0 Å². The van der Waals surface area contributed by atoms with Crippen LogP contribution in [0.1, 0.15) is 30.7 Å². The van der Waals surface area contributed by atoms with E-state index in [1.54, 1.807) is 5.56 Å². The largest absolute Gasteiger partial charge is 0.256 e. The molecule has 1 heterocycles. The molecular formula is C23H21N. The van der Waals surface area contributed by atoms with E-state index in [9.17, 15) is 0 Å². The lowest BCUT2D eigenvalue weighted by Gasteiger charge is -2.36. The van der Waals surface area contributed by atoms with Crippen molar-refractivity contribution < 1.29 is 0 Å². The Morgan fingerprint density at radius 1 is 0.708 bits per heavy atom. The average Bonchev–Trinajstić information content (AvgIpc) is 3.28. The number of rotatable bonds is 3. The van der Waals surface area contributed by atoms with Gasteiger partial charge in [0.2, 0.25) is 0 Å². The Balaban J connectivity index is 1.44. The molecule has 2 aromatic carbocycles. The molecule has 1 aromatic heterocycles. The molecule has 0 saturated heterocycles. The fourth-order valence-electron chi connectivity index (χ4n) is 4.71. The first-order chi connectivity index (χ1) is 11.9. The average molecular weight is 311 g/mol. The highest BCUT2D eigenvalue weighted by Crippen LogP contribution is 2.58. The van der Waals surface area contributed by atoms with E-state index in [0.717, 1.165) is 23.4 Å². The zero-order valence-corrected chi connectivity index (χ0v) is 13.7. The van der Waals surface area contributed by atoms with E-state index in [4.69, 9.17) is 0 Å². The Morgan fingerprint density at radius 3 is 2.21 bits per heavy atom. The molecule has 0 amide bonds. The SMILES string of the molecule is c1ccc(-c2ccc(-c3cccc(C4C5CCC4C5)c3)cn2)cc1. The van der Waals surface area contributed by atoms with Gasteiger partial charge in [-0.05, 0) is 54.2 Å². The van der Waals surface area contributed by atoms with Crippen molar-refractivity contribution >= 4 is 0 Å². The number of aromatic nitrogens is 1. The van der Waals surface area contributed by atoms with Gasteiger partial charge in [-0.3, -0.25) is 4.98 Å². The van der Waals surface area contributed by atoms with Crippen molar-refractivity contribution in [3.63, 3.8) is 0 Å². The quantitative estimate of drug-likeness (QED) is 0.584. The maximum Gasteiger partial charge on any atom is 0.0702 e. The second kappa shape index (κ2) is 5.59. The zero-order valence-electron chi connectivity index (χ0n) is 13.7. The Bertz CT molecular complexity index is 837. The first kappa shape index (κ1) is 14.0. The van der Waals surface area contributed by atoms with Crippen LogP contribution in [0.2, 0.25) is 0 Å². The lowest BCUT2D eigenvalue weighted by Crippen LogP contribution is -2.25. The van der Waals surface area contributed by atoms with Crippen LogP contribution in [0.4, 0.5) is 0 Å². The van der Waals surface area contributed by atoms with E-state index >= 15 is 0 Å². The fraction of sp³-hybridized carbons (Fsp3) is 0.261. The minimum Gasteiger partial charge on any atom is -0.256 e. The van der Waals surface area contributed by atoms with Crippen LogP contribution in [0, 0.1) is 11.8 Å². The molecule has 3 aliphatic carbocycles. The summed E-state index contributed by atoms with van der Waals surface area (Å²) in [4.78, 5) is 4.68. The fourth-order valence-corrected chi connectivity index (χ4v) is 4.71. The maximum atomic E-state index is 4.68. The van der Waals surface area contributed by atoms with E-state index in [1.807, 2.05) is 12.3 Å². The molecular weight excluding hydrogens is 290 g/mol. The molecule has 118 valence electrons. The van der Waals surface area contributed by atoms with Crippen molar-refractivity contribution in [2.75, 3.05) is 0 Å². The predicted octanol–water partition coefficient (Wildman–Crippen LogP) is 5.93. The van der Waals surface area contributed by atoms with E-state index in [1.165, 1.54) is 36.0 Å². The second-order valence-electron chi connectivity index (χ2n) is 7.28. The van der Waals surface area contributed by atoms with Crippen molar-refractivity contribution in [2.24, 2.45) is 11.8 Å². The smallest absolute Gasteiger partial charge is 0.0702 e. The van der Waals surface area contributed by atoms with Crippen molar-refractivity contribution in [1.29, 1.82) is 0 Å². The van der Waals surface area contributed by atoms with Crippen LogP contribution in [-0.4, -0.2) is 4.98 Å². The predicted molar refractivity (Wildman–Crippen MR) is 98.7 cm³/mol. The summed E-state index contributed by atoms with van der Waals surface area (Å²) in [7, 11) is 0. The summed E-state index contributed by atoms with van der Waals surface area (Å²) in [6.45, 7) is 0.